The molecule has 2 rings (SSSR count). The van der Waals surface area contributed by atoms with Crippen LogP contribution in [0.25, 0.3) is 0 Å². The molecule has 0 unspecified atom stereocenters. The van der Waals surface area contributed by atoms with Gasteiger partial charge in [0.05, 0.1) is 16.4 Å². The molecular formula is C13H19ClN2. The molecule has 2 N–H and O–H groups in total. The van der Waals surface area contributed by atoms with Crippen LogP contribution in [0.15, 0.2) is 12.1 Å². The van der Waals surface area contributed by atoms with Crippen LogP contribution in [0, 0.1) is 12.8 Å². The zero-order chi connectivity index (χ0) is 11.7. The third-order valence-corrected chi connectivity index (χ3v) is 3.63. The van der Waals surface area contributed by atoms with Gasteiger partial charge in [-0.05, 0) is 43.4 Å². The molecule has 16 heavy (non-hydrogen) atoms. The third-order valence-electron chi connectivity index (χ3n) is 3.34. The second-order valence-corrected chi connectivity index (χ2v) is 5.26. The van der Waals surface area contributed by atoms with Gasteiger partial charge in [0.15, 0.2) is 0 Å². The highest BCUT2D eigenvalue weighted by Gasteiger charge is 2.19. The number of halogens is 1. The van der Waals surface area contributed by atoms with Crippen LogP contribution in [0.3, 0.4) is 0 Å². The minimum Gasteiger partial charge on any atom is -0.397 e. The molecule has 1 aromatic carbocycles. The smallest absolute Gasteiger partial charge is 0.0789 e. The molecule has 0 atom stereocenters. The Morgan fingerprint density at radius 3 is 2.50 bits per heavy atom. The lowest BCUT2D eigenvalue weighted by Crippen LogP contribution is -2.33. The summed E-state index contributed by atoms with van der Waals surface area (Å²) in [7, 11) is 0. The lowest BCUT2D eigenvalue weighted by Gasteiger charge is -2.33. The Hall–Kier alpha value is -0.890. The van der Waals surface area contributed by atoms with Crippen LogP contribution >= 0.6 is 11.6 Å². The Balaban J connectivity index is 2.26. The first-order chi connectivity index (χ1) is 7.58. The summed E-state index contributed by atoms with van der Waals surface area (Å²) in [5, 5.41) is 0.784. The van der Waals surface area contributed by atoms with Crippen molar-refractivity contribution >= 4 is 23.0 Å². The molecule has 0 radical (unpaired) electrons. The quantitative estimate of drug-likeness (QED) is 0.760. The van der Waals surface area contributed by atoms with E-state index in [9.17, 15) is 0 Å². The second-order valence-electron chi connectivity index (χ2n) is 4.85. The number of nitrogen functional groups attached to an aromatic ring is 1. The van der Waals surface area contributed by atoms with E-state index in [1.807, 2.05) is 19.1 Å². The van der Waals surface area contributed by atoms with Crippen LogP contribution < -0.4 is 10.6 Å². The first-order valence-electron chi connectivity index (χ1n) is 5.88. The largest absolute Gasteiger partial charge is 0.397 e. The number of hydrogen-bond donors (Lipinski definition) is 1. The molecule has 1 saturated heterocycles. The molecule has 3 heteroatoms. The van der Waals surface area contributed by atoms with Crippen molar-refractivity contribution in [1.82, 2.24) is 0 Å². The van der Waals surface area contributed by atoms with Crippen molar-refractivity contribution in [3.05, 3.63) is 22.7 Å². The minimum absolute atomic E-state index is 0.784. The highest BCUT2D eigenvalue weighted by Crippen LogP contribution is 2.35. The van der Waals surface area contributed by atoms with E-state index >= 15 is 0 Å². The number of piperidine rings is 1. The maximum Gasteiger partial charge on any atom is 0.0789 e. The zero-order valence-corrected chi connectivity index (χ0v) is 10.7. The number of rotatable bonds is 1. The van der Waals surface area contributed by atoms with Gasteiger partial charge in [-0.2, -0.15) is 0 Å². The molecule has 0 saturated carbocycles. The third kappa shape index (κ3) is 2.27. The Morgan fingerprint density at radius 1 is 1.31 bits per heavy atom. The summed E-state index contributed by atoms with van der Waals surface area (Å²) >= 11 is 6.28. The molecular weight excluding hydrogens is 220 g/mol. The maximum atomic E-state index is 6.28. The van der Waals surface area contributed by atoms with Crippen molar-refractivity contribution in [3.8, 4) is 0 Å². The normalized spacial score (nSPS) is 17.8. The first kappa shape index (κ1) is 11.6. The maximum absolute atomic E-state index is 6.28. The predicted molar refractivity (Wildman–Crippen MR) is 71.2 cm³/mol. The van der Waals surface area contributed by atoms with Gasteiger partial charge in [-0.1, -0.05) is 18.5 Å². The fraction of sp³-hybridized carbons (Fsp3) is 0.538. The van der Waals surface area contributed by atoms with Gasteiger partial charge in [0, 0.05) is 13.1 Å². The molecule has 1 fully saturated rings. The summed E-state index contributed by atoms with van der Waals surface area (Å²) < 4.78 is 0. The zero-order valence-electron chi connectivity index (χ0n) is 9.96. The van der Waals surface area contributed by atoms with Crippen molar-refractivity contribution < 1.29 is 0 Å². The first-order valence-corrected chi connectivity index (χ1v) is 6.26. The predicted octanol–water partition coefficient (Wildman–Crippen LogP) is 3.47. The molecule has 0 aromatic heterocycles. The molecule has 88 valence electrons. The lowest BCUT2D eigenvalue weighted by atomic mass is 9.98. The minimum atomic E-state index is 0.784. The molecule has 1 aliphatic heterocycles. The SMILES string of the molecule is Cc1cc(N)c(N2CCC(C)CC2)c(Cl)c1. The van der Waals surface area contributed by atoms with Gasteiger partial charge in [-0.15, -0.1) is 0 Å². The fourth-order valence-corrected chi connectivity index (χ4v) is 2.73. The van der Waals surface area contributed by atoms with Gasteiger partial charge in [-0.25, -0.2) is 0 Å². The van der Waals surface area contributed by atoms with Crippen LogP contribution in [-0.4, -0.2) is 13.1 Å². The molecule has 0 amide bonds. The van der Waals surface area contributed by atoms with E-state index in [0.29, 0.717) is 0 Å². The standard InChI is InChI=1S/C13H19ClN2/c1-9-3-5-16(6-4-9)13-11(14)7-10(2)8-12(13)15/h7-9H,3-6,15H2,1-2H3. The Bertz CT molecular complexity index is 359. The van der Waals surface area contributed by atoms with E-state index in [-0.39, 0.29) is 0 Å². The van der Waals surface area contributed by atoms with Crippen LogP contribution in [0.1, 0.15) is 25.3 Å². The van der Waals surface area contributed by atoms with Crippen LogP contribution in [0.2, 0.25) is 5.02 Å². The highest BCUT2D eigenvalue weighted by molar-refractivity contribution is 6.34. The van der Waals surface area contributed by atoms with Gasteiger partial charge in [0.1, 0.15) is 0 Å². The molecule has 1 heterocycles. The molecule has 0 bridgehead atoms. The Labute approximate surface area is 102 Å². The number of benzene rings is 1. The molecule has 0 spiro atoms. The topological polar surface area (TPSA) is 29.3 Å². The Morgan fingerprint density at radius 2 is 1.94 bits per heavy atom. The van der Waals surface area contributed by atoms with E-state index in [0.717, 1.165) is 41.0 Å². The molecule has 2 nitrogen and oxygen atoms in total. The molecule has 1 aliphatic rings. The number of anilines is 2. The average molecular weight is 239 g/mol. The van der Waals surface area contributed by atoms with Gasteiger partial charge in [-0.3, -0.25) is 0 Å². The monoisotopic (exact) mass is 238 g/mol. The summed E-state index contributed by atoms with van der Waals surface area (Å²) in [6.45, 7) is 6.45. The van der Waals surface area contributed by atoms with Crippen molar-refractivity contribution in [1.29, 1.82) is 0 Å². The second kappa shape index (κ2) is 4.54. The van der Waals surface area contributed by atoms with E-state index < -0.39 is 0 Å². The van der Waals surface area contributed by atoms with E-state index in [4.69, 9.17) is 17.3 Å². The van der Waals surface area contributed by atoms with Crippen LogP contribution in [0.5, 0.6) is 0 Å². The van der Waals surface area contributed by atoms with E-state index in [1.54, 1.807) is 0 Å². The van der Waals surface area contributed by atoms with Crippen LogP contribution in [-0.2, 0) is 0 Å². The highest BCUT2D eigenvalue weighted by atomic mass is 35.5. The number of hydrogen-bond acceptors (Lipinski definition) is 2. The van der Waals surface area contributed by atoms with Gasteiger partial charge in [0.25, 0.3) is 0 Å². The Kier molecular flexibility index (Phi) is 3.29. The number of nitrogens with two attached hydrogens (primary N) is 1. The van der Waals surface area contributed by atoms with Crippen molar-refractivity contribution in [3.63, 3.8) is 0 Å². The van der Waals surface area contributed by atoms with Crippen molar-refractivity contribution in [2.75, 3.05) is 23.7 Å². The van der Waals surface area contributed by atoms with E-state index in [2.05, 4.69) is 11.8 Å². The van der Waals surface area contributed by atoms with E-state index in [1.165, 1.54) is 12.8 Å². The van der Waals surface area contributed by atoms with Gasteiger partial charge >= 0.3 is 0 Å². The molecule has 1 aromatic rings. The average Bonchev–Trinajstić information content (AvgIpc) is 2.19. The van der Waals surface area contributed by atoms with Crippen molar-refractivity contribution in [2.45, 2.75) is 26.7 Å². The summed E-state index contributed by atoms with van der Waals surface area (Å²) in [5.74, 6) is 0.821. The van der Waals surface area contributed by atoms with Crippen LogP contribution in [0.4, 0.5) is 11.4 Å². The van der Waals surface area contributed by atoms with Gasteiger partial charge in [0.2, 0.25) is 0 Å². The number of aryl methyl sites for hydroxylation is 1. The fourth-order valence-electron chi connectivity index (χ4n) is 2.33. The summed E-state index contributed by atoms with van der Waals surface area (Å²) in [4.78, 5) is 2.32. The van der Waals surface area contributed by atoms with Crippen molar-refractivity contribution in [2.24, 2.45) is 5.92 Å². The number of nitrogens with zero attached hydrogens (tertiary/aromatic N) is 1. The summed E-state index contributed by atoms with van der Waals surface area (Å²) in [6, 6.07) is 3.99. The lowest BCUT2D eigenvalue weighted by molar-refractivity contribution is 0.439. The van der Waals surface area contributed by atoms with Gasteiger partial charge < -0.3 is 10.6 Å². The molecule has 0 aliphatic carbocycles. The summed E-state index contributed by atoms with van der Waals surface area (Å²) in [5.41, 5.74) is 9.02. The summed E-state index contributed by atoms with van der Waals surface area (Å²) in [6.07, 6.45) is 2.45.